The third kappa shape index (κ3) is 5.50. The van der Waals surface area contributed by atoms with Crippen molar-refractivity contribution in [1.82, 2.24) is 19.9 Å². The number of nitrogens with one attached hydrogen (secondary N) is 3. The zero-order valence-electron chi connectivity index (χ0n) is 30.6. The number of rotatable bonds is 6. The second-order valence-corrected chi connectivity index (χ2v) is 14.0. The van der Waals surface area contributed by atoms with E-state index in [-0.39, 0.29) is 0 Å². The number of aromatic nitrogens is 4. The number of allylic oxidation sites excluding steroid dienone is 2. The Morgan fingerprint density at radius 3 is 1.32 bits per heavy atom. The summed E-state index contributed by atoms with van der Waals surface area (Å²) in [5.74, 6) is 0. The molecule has 0 amide bonds. The number of benzene rings is 4. The van der Waals surface area contributed by atoms with E-state index in [0.717, 1.165) is 96.3 Å². The van der Waals surface area contributed by atoms with E-state index in [2.05, 4.69) is 182 Å². The highest BCUT2D eigenvalue weighted by atomic mass is 14.8. The summed E-state index contributed by atoms with van der Waals surface area (Å²) in [6.45, 7) is 8.94. The standard InChI is InChI=1S/C49H42N4/c1-5-36-30(3)38-27-42-44(32-19-11-7-12-20-32)46(34-23-15-9-16-24-34)48(52-42)49-47(35-25-17-10-18-26-35)45(33-21-13-8-14-22-33)43(53-49)28-39-31(4)37(6-2)41(51-39)29-40(36)50-38/h7-29,50,52-53H,5-6H2,1-4H3. The van der Waals surface area contributed by atoms with Gasteiger partial charge in [0.2, 0.25) is 0 Å². The van der Waals surface area contributed by atoms with Crippen LogP contribution in [0.25, 0.3) is 88.8 Å². The number of aryl methyl sites for hydroxylation is 2. The molecule has 258 valence electrons. The third-order valence-electron chi connectivity index (χ3n) is 11.0. The van der Waals surface area contributed by atoms with Crippen molar-refractivity contribution in [3.05, 3.63) is 162 Å². The smallest absolute Gasteiger partial charge is 0.0717 e. The van der Waals surface area contributed by atoms with Gasteiger partial charge in [-0.25, -0.2) is 4.98 Å². The average Bonchev–Trinajstić information content (AvgIpc) is 3.93. The van der Waals surface area contributed by atoms with Gasteiger partial charge in [-0.3, -0.25) is 0 Å². The maximum absolute atomic E-state index is 5.36. The van der Waals surface area contributed by atoms with Gasteiger partial charge in [0.25, 0.3) is 0 Å². The van der Waals surface area contributed by atoms with Gasteiger partial charge in [0.05, 0.1) is 22.4 Å². The lowest BCUT2D eigenvalue weighted by Crippen LogP contribution is -1.84. The highest BCUT2D eigenvalue weighted by molar-refractivity contribution is 6.15. The quantitative estimate of drug-likeness (QED) is 0.160. The summed E-state index contributed by atoms with van der Waals surface area (Å²) < 4.78 is 0. The van der Waals surface area contributed by atoms with Crippen molar-refractivity contribution in [2.75, 3.05) is 0 Å². The number of H-pyrrole nitrogens is 3. The van der Waals surface area contributed by atoms with Gasteiger partial charge in [0, 0.05) is 44.3 Å². The van der Waals surface area contributed by atoms with Crippen molar-refractivity contribution in [2.45, 2.75) is 40.5 Å². The van der Waals surface area contributed by atoms with Crippen LogP contribution in [0.4, 0.5) is 0 Å². The molecule has 0 radical (unpaired) electrons. The summed E-state index contributed by atoms with van der Waals surface area (Å²) in [4.78, 5) is 17.3. The number of nitrogens with zero attached hydrogens (tertiary/aromatic N) is 1. The van der Waals surface area contributed by atoms with E-state index in [1.807, 2.05) is 0 Å². The number of fused-ring (bicyclic) bond motifs is 9. The Balaban J connectivity index is 1.60. The summed E-state index contributed by atoms with van der Waals surface area (Å²) in [6, 6.07) is 50.1. The molecule has 0 aliphatic carbocycles. The number of hydrogen-bond donors (Lipinski definition) is 3. The highest BCUT2D eigenvalue weighted by Gasteiger charge is 2.24. The molecular weight excluding hydrogens is 645 g/mol. The van der Waals surface area contributed by atoms with Crippen LogP contribution in [0.1, 0.15) is 49.7 Å². The molecule has 0 atom stereocenters. The first-order valence-corrected chi connectivity index (χ1v) is 18.7. The lowest BCUT2D eigenvalue weighted by molar-refractivity contribution is 1.14. The fourth-order valence-electron chi connectivity index (χ4n) is 8.38. The lowest BCUT2D eigenvalue weighted by atomic mass is 9.93. The van der Waals surface area contributed by atoms with E-state index in [4.69, 9.17) is 4.98 Å². The van der Waals surface area contributed by atoms with Gasteiger partial charge in [-0.05, 0) is 89.4 Å². The summed E-state index contributed by atoms with van der Waals surface area (Å²) in [5.41, 5.74) is 22.7. The maximum atomic E-state index is 5.36. The van der Waals surface area contributed by atoms with Gasteiger partial charge in [-0.15, -0.1) is 0 Å². The maximum Gasteiger partial charge on any atom is 0.0717 e. The van der Waals surface area contributed by atoms with Gasteiger partial charge in [-0.1, -0.05) is 135 Å². The number of aromatic amines is 3. The van der Waals surface area contributed by atoms with E-state index in [1.54, 1.807) is 0 Å². The zero-order valence-corrected chi connectivity index (χ0v) is 30.6. The van der Waals surface area contributed by atoms with Gasteiger partial charge in [0.1, 0.15) is 0 Å². The fraction of sp³-hybridized carbons (Fsp3) is 0.122. The molecule has 4 heteroatoms. The van der Waals surface area contributed by atoms with Crippen LogP contribution in [0.15, 0.2) is 140 Å². The van der Waals surface area contributed by atoms with Gasteiger partial charge in [-0.2, -0.15) is 0 Å². The minimum Gasteiger partial charge on any atom is -0.355 e. The topological polar surface area (TPSA) is 60.3 Å². The normalized spacial score (nSPS) is 12.2. The summed E-state index contributed by atoms with van der Waals surface area (Å²) >= 11 is 0. The molecule has 4 aromatic heterocycles. The summed E-state index contributed by atoms with van der Waals surface area (Å²) in [5, 5.41) is 0. The molecule has 9 rings (SSSR count). The molecule has 0 fully saturated rings. The van der Waals surface area contributed by atoms with Crippen LogP contribution in [0.5, 0.6) is 0 Å². The Morgan fingerprint density at radius 1 is 0.434 bits per heavy atom. The Labute approximate surface area is 310 Å². The van der Waals surface area contributed by atoms with Gasteiger partial charge >= 0.3 is 0 Å². The molecule has 5 heterocycles. The van der Waals surface area contributed by atoms with Crippen LogP contribution < -0.4 is 0 Å². The van der Waals surface area contributed by atoms with Crippen LogP contribution in [0.2, 0.25) is 0 Å². The minimum atomic E-state index is 0.903. The molecule has 4 aromatic carbocycles. The first-order chi connectivity index (χ1) is 26.0. The summed E-state index contributed by atoms with van der Waals surface area (Å²) in [7, 11) is 0. The predicted octanol–water partition coefficient (Wildman–Crippen LogP) is 13.4. The van der Waals surface area contributed by atoms with Crippen molar-refractivity contribution in [3.63, 3.8) is 0 Å². The van der Waals surface area contributed by atoms with E-state index in [0.29, 0.717) is 0 Å². The molecule has 1 aliphatic rings. The zero-order chi connectivity index (χ0) is 36.1. The van der Waals surface area contributed by atoms with Crippen LogP contribution in [-0.4, -0.2) is 19.9 Å². The van der Waals surface area contributed by atoms with Crippen LogP contribution >= 0.6 is 0 Å². The molecule has 8 bridgehead atoms. The van der Waals surface area contributed by atoms with Crippen molar-refractivity contribution < 1.29 is 0 Å². The van der Waals surface area contributed by atoms with Crippen molar-refractivity contribution >= 4 is 44.2 Å². The fourth-order valence-corrected chi connectivity index (χ4v) is 8.38. The molecule has 0 unspecified atom stereocenters. The van der Waals surface area contributed by atoms with E-state index >= 15 is 0 Å². The Bertz CT molecular complexity index is 2780. The molecule has 8 aromatic rings. The molecular formula is C49H42N4. The second kappa shape index (κ2) is 13.3. The third-order valence-corrected chi connectivity index (χ3v) is 11.0. The predicted molar refractivity (Wildman–Crippen MR) is 225 cm³/mol. The van der Waals surface area contributed by atoms with Crippen molar-refractivity contribution in [3.8, 4) is 44.5 Å². The lowest BCUT2D eigenvalue weighted by Gasteiger charge is -2.09. The van der Waals surface area contributed by atoms with E-state index in [9.17, 15) is 0 Å². The number of hydrogen-bond acceptors (Lipinski definition) is 1. The van der Waals surface area contributed by atoms with Gasteiger partial charge < -0.3 is 15.0 Å². The minimum absolute atomic E-state index is 0.903. The molecule has 1 aliphatic heterocycles. The van der Waals surface area contributed by atoms with Crippen molar-refractivity contribution in [1.29, 1.82) is 0 Å². The van der Waals surface area contributed by atoms with Crippen LogP contribution in [-0.2, 0) is 6.42 Å². The first-order valence-electron chi connectivity index (χ1n) is 18.7. The second-order valence-electron chi connectivity index (χ2n) is 14.0. The SMILES string of the molecule is CCC1=C(C)c2cc3[nH]c(c(-c4ccccc4)c3-c3ccccc3)c3[nH]c(cc4[nH]c(cc1n2)c(CC)c4C)c(-c1ccccc1)c3-c1ccccc1. The van der Waals surface area contributed by atoms with Crippen molar-refractivity contribution in [2.24, 2.45) is 0 Å². The Hall–Kier alpha value is -6.39. The first kappa shape index (κ1) is 32.5. The molecule has 0 saturated heterocycles. The monoisotopic (exact) mass is 686 g/mol. The Morgan fingerprint density at radius 2 is 0.868 bits per heavy atom. The molecule has 53 heavy (non-hydrogen) atoms. The van der Waals surface area contributed by atoms with E-state index < -0.39 is 0 Å². The largest absolute Gasteiger partial charge is 0.355 e. The van der Waals surface area contributed by atoms with Crippen LogP contribution in [0, 0.1) is 6.92 Å². The van der Waals surface area contributed by atoms with Crippen LogP contribution in [0.3, 0.4) is 0 Å². The highest BCUT2D eigenvalue weighted by Crippen LogP contribution is 2.46. The Kier molecular flexibility index (Phi) is 8.16. The summed E-state index contributed by atoms with van der Waals surface area (Å²) in [6.07, 6.45) is 1.82. The van der Waals surface area contributed by atoms with Gasteiger partial charge in [0.15, 0.2) is 0 Å². The molecule has 0 spiro atoms. The van der Waals surface area contributed by atoms with E-state index in [1.165, 1.54) is 27.8 Å². The average molecular weight is 687 g/mol. The molecule has 0 saturated carbocycles. The molecule has 4 nitrogen and oxygen atoms in total. The molecule has 3 N–H and O–H groups in total.